The lowest BCUT2D eigenvalue weighted by atomic mass is 10.2. The van der Waals surface area contributed by atoms with Gasteiger partial charge in [0.05, 0.1) is 6.20 Å². The number of rotatable bonds is 3. The summed E-state index contributed by atoms with van der Waals surface area (Å²) in [5.74, 6) is -1.21. The van der Waals surface area contributed by atoms with Crippen LogP contribution in [-0.2, 0) is 18.3 Å². The van der Waals surface area contributed by atoms with Crippen molar-refractivity contribution in [3.8, 4) is 0 Å². The molecule has 12 heavy (non-hydrogen) atoms. The maximum atomic E-state index is 10.2. The fourth-order valence-corrected chi connectivity index (χ4v) is 0.888. The van der Waals surface area contributed by atoms with Gasteiger partial charge >= 0.3 is 5.97 Å². The molecule has 1 heterocycles. The third-order valence-corrected chi connectivity index (χ3v) is 1.47. The summed E-state index contributed by atoms with van der Waals surface area (Å²) in [5.41, 5.74) is 0.715. The number of hydrogen-bond acceptors (Lipinski definition) is 3. The third-order valence-electron chi connectivity index (χ3n) is 1.47. The molecule has 0 aliphatic carbocycles. The van der Waals surface area contributed by atoms with Crippen molar-refractivity contribution in [1.29, 1.82) is 0 Å². The smallest absolute Gasteiger partial charge is 0.332 e. The summed E-state index contributed by atoms with van der Waals surface area (Å²) >= 11 is 0. The Morgan fingerprint density at radius 1 is 1.83 bits per heavy atom. The van der Waals surface area contributed by atoms with Gasteiger partial charge in [0.2, 0.25) is 0 Å². The first-order chi connectivity index (χ1) is 5.59. The minimum Gasteiger partial charge on any atom is -0.479 e. The van der Waals surface area contributed by atoms with E-state index in [-0.39, 0.29) is 6.42 Å². The lowest BCUT2D eigenvalue weighted by Crippen LogP contribution is -2.21. The number of aliphatic hydroxyl groups is 1. The summed E-state index contributed by atoms with van der Waals surface area (Å²) < 4.78 is 1.56. The van der Waals surface area contributed by atoms with Crippen molar-refractivity contribution >= 4 is 5.97 Å². The van der Waals surface area contributed by atoms with Gasteiger partial charge in [0, 0.05) is 19.7 Å². The molecule has 0 fully saturated rings. The van der Waals surface area contributed by atoms with Crippen LogP contribution in [0.25, 0.3) is 0 Å². The van der Waals surface area contributed by atoms with E-state index in [2.05, 4.69) is 5.10 Å². The van der Waals surface area contributed by atoms with Gasteiger partial charge in [0.25, 0.3) is 0 Å². The Morgan fingerprint density at radius 3 is 2.92 bits per heavy atom. The molecule has 0 amide bonds. The Labute approximate surface area is 69.2 Å². The second kappa shape index (κ2) is 3.36. The average molecular weight is 170 g/mol. The fourth-order valence-electron chi connectivity index (χ4n) is 0.888. The Hall–Kier alpha value is -1.36. The molecule has 0 aliphatic rings. The van der Waals surface area contributed by atoms with Crippen LogP contribution in [-0.4, -0.2) is 32.1 Å². The van der Waals surface area contributed by atoms with Crippen molar-refractivity contribution in [2.75, 3.05) is 0 Å². The van der Waals surface area contributed by atoms with E-state index in [1.807, 2.05) is 0 Å². The predicted molar refractivity (Wildman–Crippen MR) is 40.6 cm³/mol. The molecule has 0 aromatic carbocycles. The van der Waals surface area contributed by atoms with E-state index < -0.39 is 12.1 Å². The van der Waals surface area contributed by atoms with E-state index in [1.54, 1.807) is 17.9 Å². The zero-order valence-corrected chi connectivity index (χ0v) is 6.64. The first-order valence-electron chi connectivity index (χ1n) is 3.48. The van der Waals surface area contributed by atoms with Crippen LogP contribution in [0.5, 0.6) is 0 Å². The van der Waals surface area contributed by atoms with Crippen molar-refractivity contribution in [3.05, 3.63) is 18.0 Å². The van der Waals surface area contributed by atoms with Crippen molar-refractivity contribution in [3.63, 3.8) is 0 Å². The summed E-state index contributed by atoms with van der Waals surface area (Å²) in [7, 11) is 1.73. The molecule has 0 bridgehead atoms. The van der Waals surface area contributed by atoms with Crippen LogP contribution in [0.4, 0.5) is 0 Å². The van der Waals surface area contributed by atoms with E-state index in [9.17, 15) is 4.79 Å². The van der Waals surface area contributed by atoms with Gasteiger partial charge in [-0.05, 0) is 5.56 Å². The molecule has 1 rings (SSSR count). The molecule has 1 atom stereocenters. The molecular weight excluding hydrogens is 160 g/mol. The molecule has 2 N–H and O–H groups in total. The van der Waals surface area contributed by atoms with Gasteiger partial charge in [0.1, 0.15) is 0 Å². The van der Waals surface area contributed by atoms with E-state index in [1.165, 1.54) is 6.20 Å². The molecule has 0 spiro atoms. The monoisotopic (exact) mass is 170 g/mol. The highest BCUT2D eigenvalue weighted by molar-refractivity contribution is 5.72. The highest BCUT2D eigenvalue weighted by Crippen LogP contribution is 2.01. The van der Waals surface area contributed by atoms with E-state index in [0.29, 0.717) is 5.56 Å². The van der Waals surface area contributed by atoms with Crippen molar-refractivity contribution in [2.24, 2.45) is 7.05 Å². The van der Waals surface area contributed by atoms with Crippen molar-refractivity contribution in [2.45, 2.75) is 12.5 Å². The zero-order chi connectivity index (χ0) is 9.14. The standard InChI is InChI=1S/C7H10N2O3/c1-9-4-5(3-8-9)2-6(10)7(11)12/h3-4,6,10H,2H2,1H3,(H,11,12)/t6-/m0/s1. The highest BCUT2D eigenvalue weighted by atomic mass is 16.4. The van der Waals surface area contributed by atoms with Crippen molar-refractivity contribution in [1.82, 2.24) is 9.78 Å². The number of nitrogens with zero attached hydrogens (tertiary/aromatic N) is 2. The summed E-state index contributed by atoms with van der Waals surface area (Å²) in [6.45, 7) is 0. The molecule has 1 aromatic heterocycles. The largest absolute Gasteiger partial charge is 0.479 e. The summed E-state index contributed by atoms with van der Waals surface area (Å²) in [6, 6.07) is 0. The molecule has 5 heteroatoms. The summed E-state index contributed by atoms with van der Waals surface area (Å²) in [6.07, 6.45) is 1.97. The van der Waals surface area contributed by atoms with Crippen LogP contribution < -0.4 is 0 Å². The van der Waals surface area contributed by atoms with Gasteiger partial charge in [-0.25, -0.2) is 4.79 Å². The average Bonchev–Trinajstić information content (AvgIpc) is 2.35. The van der Waals surface area contributed by atoms with E-state index in [0.717, 1.165) is 0 Å². The molecule has 0 saturated carbocycles. The first kappa shape index (κ1) is 8.73. The van der Waals surface area contributed by atoms with E-state index >= 15 is 0 Å². The SMILES string of the molecule is Cn1cc(C[C@H](O)C(=O)O)cn1. The number of carbonyl (C=O) groups is 1. The van der Waals surface area contributed by atoms with Gasteiger partial charge in [-0.15, -0.1) is 0 Å². The molecule has 0 unspecified atom stereocenters. The Bertz CT molecular complexity index is 282. The number of carboxylic acid groups (broad SMARTS) is 1. The molecular formula is C7H10N2O3. The lowest BCUT2D eigenvalue weighted by Gasteiger charge is -2.00. The molecule has 0 aliphatic heterocycles. The van der Waals surface area contributed by atoms with Crippen molar-refractivity contribution < 1.29 is 15.0 Å². The lowest BCUT2D eigenvalue weighted by molar-refractivity contribution is -0.146. The van der Waals surface area contributed by atoms with Crippen LogP contribution in [0.3, 0.4) is 0 Å². The Kier molecular flexibility index (Phi) is 2.44. The number of hydrogen-bond donors (Lipinski definition) is 2. The van der Waals surface area contributed by atoms with Gasteiger partial charge in [-0.2, -0.15) is 5.10 Å². The predicted octanol–water partition coefficient (Wildman–Crippen LogP) is -0.592. The minimum absolute atomic E-state index is 0.100. The van der Waals surface area contributed by atoms with Gasteiger partial charge in [-0.1, -0.05) is 0 Å². The van der Waals surface area contributed by atoms with Gasteiger partial charge in [-0.3, -0.25) is 4.68 Å². The maximum absolute atomic E-state index is 10.2. The second-order valence-electron chi connectivity index (χ2n) is 2.58. The quantitative estimate of drug-likeness (QED) is 0.635. The first-order valence-corrected chi connectivity index (χ1v) is 3.48. The van der Waals surface area contributed by atoms with Crippen LogP contribution in [0.15, 0.2) is 12.4 Å². The van der Waals surface area contributed by atoms with Gasteiger partial charge in [0.15, 0.2) is 6.10 Å². The van der Waals surface area contributed by atoms with E-state index in [4.69, 9.17) is 10.2 Å². The fraction of sp³-hybridized carbons (Fsp3) is 0.429. The highest BCUT2D eigenvalue weighted by Gasteiger charge is 2.14. The van der Waals surface area contributed by atoms with Crippen LogP contribution in [0, 0.1) is 0 Å². The number of aliphatic carboxylic acids is 1. The Morgan fingerprint density at radius 2 is 2.50 bits per heavy atom. The molecule has 66 valence electrons. The number of aromatic nitrogens is 2. The van der Waals surface area contributed by atoms with Gasteiger partial charge < -0.3 is 10.2 Å². The van der Waals surface area contributed by atoms with Crippen LogP contribution in [0.2, 0.25) is 0 Å². The molecule has 5 nitrogen and oxygen atoms in total. The third kappa shape index (κ3) is 2.06. The minimum atomic E-state index is -1.34. The summed E-state index contributed by atoms with van der Waals surface area (Å²) in [4.78, 5) is 10.2. The maximum Gasteiger partial charge on any atom is 0.332 e. The normalized spacial score (nSPS) is 12.8. The number of aryl methyl sites for hydroxylation is 1. The second-order valence-corrected chi connectivity index (χ2v) is 2.58. The Balaban J connectivity index is 2.58. The molecule has 0 radical (unpaired) electrons. The number of carboxylic acids is 1. The molecule has 0 saturated heterocycles. The zero-order valence-electron chi connectivity index (χ0n) is 6.64. The molecule has 1 aromatic rings. The number of aliphatic hydroxyl groups excluding tert-OH is 1. The van der Waals surface area contributed by atoms with Crippen LogP contribution in [0.1, 0.15) is 5.56 Å². The summed E-state index contributed by atoms with van der Waals surface area (Å²) in [5, 5.41) is 21.2. The topological polar surface area (TPSA) is 75.4 Å². The van der Waals surface area contributed by atoms with Crippen LogP contribution >= 0.6 is 0 Å².